The molecule has 1 unspecified atom stereocenters. The van der Waals surface area contributed by atoms with Gasteiger partial charge in [-0.1, -0.05) is 29.3 Å². The van der Waals surface area contributed by atoms with Gasteiger partial charge in [-0.05, 0) is 74.3 Å². The molecule has 1 N–H and O–H groups in total. The topological polar surface area (TPSA) is 61.9 Å². The molecule has 2 atom stereocenters. The van der Waals surface area contributed by atoms with Crippen LogP contribution in [0.5, 0.6) is 5.75 Å². The highest BCUT2D eigenvalue weighted by Gasteiger charge is 2.41. The van der Waals surface area contributed by atoms with Gasteiger partial charge in [0.15, 0.2) is 0 Å². The molecule has 0 spiro atoms. The number of likely N-dealkylation sites (N-methyl/N-ethyl adjacent to an activating group) is 1. The van der Waals surface area contributed by atoms with Crippen molar-refractivity contribution in [3.05, 3.63) is 63.9 Å². The minimum Gasteiger partial charge on any atom is -0.410 e. The van der Waals surface area contributed by atoms with Gasteiger partial charge in [0.05, 0.1) is 16.1 Å². The SMILES string of the molecule is CN(C(=O)Oc1ccc(F)cc1)[C@H]1CN(C(=O)C2CCNCC2)CC1Cc1ccc(Cl)c(Cl)c1. The number of piperidine rings is 1. The van der Waals surface area contributed by atoms with E-state index in [2.05, 4.69) is 5.32 Å². The van der Waals surface area contributed by atoms with Crippen LogP contribution < -0.4 is 10.1 Å². The summed E-state index contributed by atoms with van der Waals surface area (Å²) in [4.78, 5) is 29.6. The summed E-state index contributed by atoms with van der Waals surface area (Å²) in [7, 11) is 1.68. The van der Waals surface area contributed by atoms with Gasteiger partial charge < -0.3 is 19.9 Å². The maximum absolute atomic E-state index is 13.2. The molecule has 9 heteroatoms. The van der Waals surface area contributed by atoms with Crippen molar-refractivity contribution in [3.8, 4) is 5.75 Å². The lowest BCUT2D eigenvalue weighted by atomic mass is 9.94. The van der Waals surface area contributed by atoms with Crippen molar-refractivity contribution in [1.82, 2.24) is 15.1 Å². The summed E-state index contributed by atoms with van der Waals surface area (Å²) in [6.45, 7) is 2.65. The molecule has 2 fully saturated rings. The highest BCUT2D eigenvalue weighted by molar-refractivity contribution is 6.42. The zero-order chi connectivity index (χ0) is 24.2. The molecule has 34 heavy (non-hydrogen) atoms. The van der Waals surface area contributed by atoms with E-state index in [1.165, 1.54) is 24.3 Å². The van der Waals surface area contributed by atoms with Gasteiger partial charge in [0.1, 0.15) is 11.6 Å². The van der Waals surface area contributed by atoms with Crippen molar-refractivity contribution in [2.24, 2.45) is 11.8 Å². The lowest BCUT2D eigenvalue weighted by Crippen LogP contribution is -2.45. The van der Waals surface area contributed by atoms with Crippen LogP contribution >= 0.6 is 23.2 Å². The average molecular weight is 508 g/mol. The zero-order valence-corrected chi connectivity index (χ0v) is 20.5. The Morgan fingerprint density at radius 2 is 1.79 bits per heavy atom. The number of benzene rings is 2. The number of likely N-dealkylation sites (tertiary alicyclic amines) is 1. The number of amides is 2. The number of carbonyl (C=O) groups excluding carboxylic acids is 2. The fourth-order valence-corrected chi connectivity index (χ4v) is 5.10. The number of hydrogen-bond acceptors (Lipinski definition) is 4. The predicted molar refractivity (Wildman–Crippen MR) is 130 cm³/mol. The number of nitrogens with zero attached hydrogens (tertiary/aromatic N) is 2. The van der Waals surface area contributed by atoms with Crippen LogP contribution in [-0.2, 0) is 11.2 Å². The summed E-state index contributed by atoms with van der Waals surface area (Å²) in [5, 5.41) is 4.25. The third kappa shape index (κ3) is 5.82. The van der Waals surface area contributed by atoms with Crippen molar-refractivity contribution >= 4 is 35.2 Å². The van der Waals surface area contributed by atoms with Crippen molar-refractivity contribution in [1.29, 1.82) is 0 Å². The van der Waals surface area contributed by atoms with Crippen molar-refractivity contribution in [3.63, 3.8) is 0 Å². The predicted octanol–water partition coefficient (Wildman–Crippen LogP) is 4.63. The summed E-state index contributed by atoms with van der Waals surface area (Å²) >= 11 is 12.3. The lowest BCUT2D eigenvalue weighted by molar-refractivity contribution is -0.135. The molecule has 6 nitrogen and oxygen atoms in total. The average Bonchev–Trinajstić information content (AvgIpc) is 3.26. The molecule has 182 valence electrons. The third-order valence-corrected chi connectivity index (χ3v) is 7.43. The summed E-state index contributed by atoms with van der Waals surface area (Å²) in [6.07, 6.45) is 1.72. The fraction of sp³-hybridized carbons (Fsp3) is 0.440. The Bertz CT molecular complexity index is 1030. The van der Waals surface area contributed by atoms with Gasteiger partial charge in [0.25, 0.3) is 0 Å². The number of carbonyl (C=O) groups is 2. The van der Waals surface area contributed by atoms with Crippen LogP contribution in [0.4, 0.5) is 9.18 Å². The molecular weight excluding hydrogens is 480 g/mol. The van der Waals surface area contributed by atoms with Crippen LogP contribution in [0.25, 0.3) is 0 Å². The first kappa shape index (κ1) is 24.8. The molecule has 0 radical (unpaired) electrons. The Kier molecular flexibility index (Phi) is 7.96. The summed E-state index contributed by atoms with van der Waals surface area (Å²) < 4.78 is 18.7. The minimum atomic E-state index is -0.549. The molecular formula is C25H28Cl2FN3O3. The Morgan fingerprint density at radius 1 is 1.09 bits per heavy atom. The van der Waals surface area contributed by atoms with Gasteiger partial charge in [-0.3, -0.25) is 4.79 Å². The van der Waals surface area contributed by atoms with Crippen molar-refractivity contribution in [2.75, 3.05) is 33.2 Å². The quantitative estimate of drug-likeness (QED) is 0.640. The van der Waals surface area contributed by atoms with Crippen LogP contribution in [0.15, 0.2) is 42.5 Å². The van der Waals surface area contributed by atoms with Crippen LogP contribution in [0.1, 0.15) is 18.4 Å². The lowest BCUT2D eigenvalue weighted by Gasteiger charge is -2.29. The first-order valence-electron chi connectivity index (χ1n) is 11.5. The van der Waals surface area contributed by atoms with Crippen LogP contribution in [-0.4, -0.2) is 61.1 Å². The molecule has 2 saturated heterocycles. The van der Waals surface area contributed by atoms with Gasteiger partial charge in [-0.2, -0.15) is 0 Å². The Hall–Kier alpha value is -2.35. The minimum absolute atomic E-state index is 0.00194. The standard InChI is InChI=1S/C25H28Cl2FN3O3/c1-30(25(33)34-20-5-3-19(28)4-6-20)23-15-31(24(32)17-8-10-29-11-9-17)14-18(23)12-16-2-7-21(26)22(27)13-16/h2-7,13,17-18,23,29H,8-12,14-15H2,1H3/t18?,23-/m0/s1. The number of rotatable bonds is 5. The van der Waals surface area contributed by atoms with Gasteiger partial charge in [-0.15, -0.1) is 0 Å². The van der Waals surface area contributed by atoms with Crippen molar-refractivity contribution in [2.45, 2.75) is 25.3 Å². The number of nitrogens with one attached hydrogen (secondary N) is 1. The van der Waals surface area contributed by atoms with Gasteiger partial charge in [0, 0.05) is 32.0 Å². The molecule has 2 heterocycles. The van der Waals surface area contributed by atoms with E-state index >= 15 is 0 Å². The monoisotopic (exact) mass is 507 g/mol. The maximum atomic E-state index is 13.2. The highest BCUT2D eigenvalue weighted by atomic mass is 35.5. The molecule has 4 rings (SSSR count). The normalized spacial score (nSPS) is 20.9. The largest absolute Gasteiger partial charge is 0.415 e. The van der Waals surface area contributed by atoms with Crippen LogP contribution in [0.2, 0.25) is 10.0 Å². The van der Waals surface area contributed by atoms with Gasteiger partial charge in [-0.25, -0.2) is 9.18 Å². The highest BCUT2D eigenvalue weighted by Crippen LogP contribution is 2.30. The molecule has 2 aliphatic rings. The molecule has 0 aromatic heterocycles. The first-order chi connectivity index (χ1) is 16.3. The molecule has 2 aromatic carbocycles. The van der Waals surface area contributed by atoms with E-state index in [9.17, 15) is 14.0 Å². The van der Waals surface area contributed by atoms with E-state index in [-0.39, 0.29) is 29.5 Å². The molecule has 0 bridgehead atoms. The summed E-state index contributed by atoms with van der Waals surface area (Å²) in [6, 6.07) is 10.6. The number of halogens is 3. The fourth-order valence-electron chi connectivity index (χ4n) is 4.78. The smallest absolute Gasteiger partial charge is 0.410 e. The van der Waals surface area contributed by atoms with E-state index in [1.807, 2.05) is 17.0 Å². The van der Waals surface area contributed by atoms with E-state index in [1.54, 1.807) is 18.0 Å². The summed E-state index contributed by atoms with van der Waals surface area (Å²) in [5.41, 5.74) is 0.987. The van der Waals surface area contributed by atoms with Crippen LogP contribution in [0, 0.1) is 17.7 Å². The second-order valence-corrected chi connectivity index (χ2v) is 9.79. The molecule has 2 amide bonds. The van der Waals surface area contributed by atoms with E-state index < -0.39 is 11.9 Å². The Balaban J connectivity index is 1.51. The third-order valence-electron chi connectivity index (χ3n) is 6.69. The number of hydrogen-bond donors (Lipinski definition) is 1. The number of ether oxygens (including phenoxy) is 1. The molecule has 2 aromatic rings. The molecule has 0 saturated carbocycles. The summed E-state index contributed by atoms with van der Waals surface area (Å²) in [5.74, 6) is -0.00293. The van der Waals surface area contributed by atoms with E-state index in [0.717, 1.165) is 31.5 Å². The van der Waals surface area contributed by atoms with Crippen LogP contribution in [0.3, 0.4) is 0 Å². The van der Waals surface area contributed by atoms with Gasteiger partial charge >= 0.3 is 6.09 Å². The molecule has 2 aliphatic heterocycles. The van der Waals surface area contributed by atoms with Gasteiger partial charge in [0.2, 0.25) is 5.91 Å². The van der Waals surface area contributed by atoms with E-state index in [4.69, 9.17) is 27.9 Å². The zero-order valence-electron chi connectivity index (χ0n) is 19.0. The second-order valence-electron chi connectivity index (χ2n) is 8.98. The molecule has 0 aliphatic carbocycles. The Morgan fingerprint density at radius 3 is 2.47 bits per heavy atom. The second kappa shape index (κ2) is 10.9. The van der Waals surface area contributed by atoms with E-state index in [0.29, 0.717) is 29.6 Å². The Labute approximate surface area is 208 Å². The van der Waals surface area contributed by atoms with Crippen molar-refractivity contribution < 1.29 is 18.7 Å². The first-order valence-corrected chi connectivity index (χ1v) is 12.2. The maximum Gasteiger partial charge on any atom is 0.415 e.